The first kappa shape index (κ1) is 15.7. The fourth-order valence-electron chi connectivity index (χ4n) is 3.28. The Balaban J connectivity index is 2.25. The van der Waals surface area contributed by atoms with Gasteiger partial charge in [-0.05, 0) is 25.8 Å². The average Bonchev–Trinajstić information content (AvgIpc) is 3.07. The van der Waals surface area contributed by atoms with Crippen LogP contribution in [0.2, 0.25) is 0 Å². The van der Waals surface area contributed by atoms with Crippen molar-refractivity contribution in [2.45, 2.75) is 57.5 Å². The molecule has 0 aliphatic carbocycles. The zero-order valence-corrected chi connectivity index (χ0v) is 12.9. The molecule has 2 atom stereocenters. The normalized spacial score (nSPS) is 25.6. The first-order chi connectivity index (χ1) is 10.1. The monoisotopic (exact) mass is 292 g/mol. The van der Waals surface area contributed by atoms with Crippen molar-refractivity contribution in [2.24, 2.45) is 4.99 Å². The Hall–Kier alpha value is -1.65. The van der Waals surface area contributed by atoms with E-state index in [2.05, 4.69) is 11.9 Å². The predicted molar refractivity (Wildman–Crippen MR) is 81.3 cm³/mol. The van der Waals surface area contributed by atoms with Gasteiger partial charge in [0.15, 0.2) is 0 Å². The summed E-state index contributed by atoms with van der Waals surface area (Å²) < 4.78 is 5.10. The molecule has 0 N–H and O–H groups in total. The van der Waals surface area contributed by atoms with Crippen molar-refractivity contribution >= 4 is 18.1 Å². The average molecular weight is 292 g/mol. The van der Waals surface area contributed by atoms with Crippen molar-refractivity contribution in [3.05, 3.63) is 12.2 Å². The van der Waals surface area contributed by atoms with Crippen LogP contribution in [-0.4, -0.2) is 47.7 Å². The molecular formula is C16H24N2O3. The number of amides is 1. The molecule has 0 spiro atoms. The fourth-order valence-corrected chi connectivity index (χ4v) is 3.28. The summed E-state index contributed by atoms with van der Waals surface area (Å²) in [4.78, 5) is 30.6. The van der Waals surface area contributed by atoms with Gasteiger partial charge in [0.2, 0.25) is 5.91 Å². The van der Waals surface area contributed by atoms with Gasteiger partial charge in [-0.15, -0.1) is 0 Å². The molecule has 116 valence electrons. The maximum Gasteiger partial charge on any atom is 0.307 e. The van der Waals surface area contributed by atoms with Gasteiger partial charge < -0.3 is 9.64 Å². The maximum absolute atomic E-state index is 12.2. The van der Waals surface area contributed by atoms with Crippen molar-refractivity contribution < 1.29 is 14.3 Å². The van der Waals surface area contributed by atoms with Crippen LogP contribution >= 0.6 is 0 Å². The third-order valence-electron chi connectivity index (χ3n) is 4.16. The summed E-state index contributed by atoms with van der Waals surface area (Å²) in [6.45, 7) is 4.96. The Morgan fingerprint density at radius 1 is 1.52 bits per heavy atom. The van der Waals surface area contributed by atoms with Gasteiger partial charge >= 0.3 is 5.97 Å². The Morgan fingerprint density at radius 3 is 2.86 bits per heavy atom. The lowest BCUT2D eigenvalue weighted by atomic mass is 9.83. The Kier molecular flexibility index (Phi) is 5.15. The number of hydrogen-bond acceptors (Lipinski definition) is 4. The zero-order valence-electron chi connectivity index (χ0n) is 12.9. The van der Waals surface area contributed by atoms with Gasteiger partial charge in [-0.1, -0.05) is 19.4 Å². The second-order valence-electron chi connectivity index (χ2n) is 5.59. The molecule has 0 radical (unpaired) electrons. The predicted octanol–water partition coefficient (Wildman–Crippen LogP) is 2.11. The Bertz CT molecular complexity index is 444. The van der Waals surface area contributed by atoms with E-state index >= 15 is 0 Å². The third kappa shape index (κ3) is 3.34. The molecule has 0 bridgehead atoms. The smallest absolute Gasteiger partial charge is 0.307 e. The molecule has 2 aliphatic heterocycles. The molecule has 5 heteroatoms. The molecule has 1 saturated heterocycles. The molecule has 0 saturated carbocycles. The van der Waals surface area contributed by atoms with Gasteiger partial charge in [0.05, 0.1) is 24.6 Å². The summed E-state index contributed by atoms with van der Waals surface area (Å²) in [7, 11) is 0. The quantitative estimate of drug-likeness (QED) is 0.675. The number of ether oxygens (including phenoxy) is 1. The molecule has 2 heterocycles. The van der Waals surface area contributed by atoms with Crippen LogP contribution in [0.4, 0.5) is 0 Å². The van der Waals surface area contributed by atoms with Crippen LogP contribution in [0.25, 0.3) is 0 Å². The molecule has 1 amide bonds. The summed E-state index contributed by atoms with van der Waals surface area (Å²) >= 11 is 0. The van der Waals surface area contributed by atoms with Gasteiger partial charge in [-0.25, -0.2) is 0 Å². The van der Waals surface area contributed by atoms with Crippen molar-refractivity contribution in [3.8, 4) is 0 Å². The minimum Gasteiger partial charge on any atom is -0.466 e. The van der Waals surface area contributed by atoms with Gasteiger partial charge in [0, 0.05) is 19.2 Å². The van der Waals surface area contributed by atoms with E-state index in [1.54, 1.807) is 13.1 Å². The molecule has 0 aromatic heterocycles. The molecule has 0 aromatic carbocycles. The number of likely N-dealkylation sites (tertiary alicyclic amines) is 1. The lowest BCUT2D eigenvalue weighted by molar-refractivity contribution is -0.146. The van der Waals surface area contributed by atoms with Crippen molar-refractivity contribution in [1.29, 1.82) is 0 Å². The lowest BCUT2D eigenvalue weighted by Crippen LogP contribution is -2.52. The first-order valence-corrected chi connectivity index (χ1v) is 7.81. The number of aliphatic imine (C=N–C) groups is 1. The molecule has 0 aromatic rings. The van der Waals surface area contributed by atoms with Crippen LogP contribution in [0.5, 0.6) is 0 Å². The Morgan fingerprint density at radius 2 is 2.33 bits per heavy atom. The fraction of sp³-hybridized carbons (Fsp3) is 0.688. The highest BCUT2D eigenvalue weighted by Gasteiger charge is 2.44. The standard InChI is InChI=1S/C16H24N2O3/c1-3-8-16(9-6-10-17-16)13(12-15(20)21-4-2)18-11-5-7-14(18)19/h6,9-10,13H,3-5,7-8,11-12H2,1-2H3. The van der Waals surface area contributed by atoms with Gasteiger partial charge in [-0.3, -0.25) is 14.6 Å². The number of rotatable bonds is 7. The topological polar surface area (TPSA) is 59.0 Å². The largest absolute Gasteiger partial charge is 0.466 e. The van der Waals surface area contributed by atoms with Gasteiger partial charge in [0.1, 0.15) is 0 Å². The summed E-state index contributed by atoms with van der Waals surface area (Å²) in [6.07, 6.45) is 9.12. The minimum absolute atomic E-state index is 0.121. The summed E-state index contributed by atoms with van der Waals surface area (Å²) in [6, 6.07) is -0.235. The van der Waals surface area contributed by atoms with Crippen molar-refractivity contribution in [3.63, 3.8) is 0 Å². The molecule has 2 rings (SSSR count). The van der Waals surface area contributed by atoms with E-state index < -0.39 is 5.54 Å². The summed E-state index contributed by atoms with van der Waals surface area (Å²) in [5.41, 5.74) is -0.471. The minimum atomic E-state index is -0.471. The number of hydrogen-bond donors (Lipinski definition) is 0. The third-order valence-corrected chi connectivity index (χ3v) is 4.16. The number of carbonyl (C=O) groups is 2. The SMILES string of the molecule is CCCC1(C(CC(=O)OCC)N2CCCC2=O)C=CC=N1. The van der Waals surface area contributed by atoms with Crippen LogP contribution < -0.4 is 0 Å². The van der Waals surface area contributed by atoms with E-state index in [1.165, 1.54) is 0 Å². The van der Waals surface area contributed by atoms with Crippen molar-refractivity contribution in [1.82, 2.24) is 4.90 Å². The number of nitrogens with zero attached hydrogens (tertiary/aromatic N) is 2. The van der Waals surface area contributed by atoms with Crippen LogP contribution in [0, 0.1) is 0 Å². The van der Waals surface area contributed by atoms with Gasteiger partial charge in [-0.2, -0.15) is 0 Å². The van der Waals surface area contributed by atoms with Crippen molar-refractivity contribution in [2.75, 3.05) is 13.2 Å². The van der Waals surface area contributed by atoms with E-state index in [-0.39, 0.29) is 24.3 Å². The highest BCUT2D eigenvalue weighted by molar-refractivity contribution is 5.81. The maximum atomic E-state index is 12.2. The molecule has 1 fully saturated rings. The molecule has 2 aliphatic rings. The van der Waals surface area contributed by atoms with Crippen LogP contribution in [-0.2, 0) is 14.3 Å². The van der Waals surface area contributed by atoms with E-state index in [4.69, 9.17) is 4.74 Å². The van der Waals surface area contributed by atoms with Crippen LogP contribution in [0.3, 0.4) is 0 Å². The van der Waals surface area contributed by atoms with Crippen LogP contribution in [0.1, 0.15) is 46.0 Å². The second-order valence-corrected chi connectivity index (χ2v) is 5.59. The van der Waals surface area contributed by atoms with E-state index in [0.717, 1.165) is 19.3 Å². The number of esters is 1. The van der Waals surface area contributed by atoms with E-state index in [1.807, 2.05) is 17.1 Å². The number of allylic oxidation sites excluding steroid dienone is 1. The van der Waals surface area contributed by atoms with E-state index in [0.29, 0.717) is 19.6 Å². The summed E-state index contributed by atoms with van der Waals surface area (Å²) in [5, 5.41) is 0. The zero-order chi connectivity index (χ0) is 15.3. The Labute approximate surface area is 126 Å². The molecule has 21 heavy (non-hydrogen) atoms. The van der Waals surface area contributed by atoms with Crippen LogP contribution in [0.15, 0.2) is 17.1 Å². The van der Waals surface area contributed by atoms with Gasteiger partial charge in [0.25, 0.3) is 0 Å². The second kappa shape index (κ2) is 6.87. The molecule has 2 unspecified atom stereocenters. The molecular weight excluding hydrogens is 268 g/mol. The number of carbonyl (C=O) groups excluding carboxylic acids is 2. The highest BCUT2D eigenvalue weighted by atomic mass is 16.5. The highest BCUT2D eigenvalue weighted by Crippen LogP contribution is 2.34. The van der Waals surface area contributed by atoms with E-state index in [9.17, 15) is 9.59 Å². The summed E-state index contributed by atoms with van der Waals surface area (Å²) in [5.74, 6) is -0.136. The molecule has 5 nitrogen and oxygen atoms in total. The first-order valence-electron chi connectivity index (χ1n) is 7.81. The lowest BCUT2D eigenvalue weighted by Gasteiger charge is -2.39.